The van der Waals surface area contributed by atoms with E-state index in [4.69, 9.17) is 5.26 Å². The van der Waals surface area contributed by atoms with Crippen LogP contribution in [0.5, 0.6) is 0 Å². The highest BCUT2D eigenvalue weighted by Crippen LogP contribution is 2.18. The average Bonchev–Trinajstić information content (AvgIpc) is 2.40. The molecule has 0 bridgehead atoms. The highest BCUT2D eigenvalue weighted by molar-refractivity contribution is 5.62. The molecule has 0 aliphatic carbocycles. The molecule has 1 heterocycles. The average molecular weight is 222 g/mol. The number of nitriles is 1. The molecule has 0 saturated carbocycles. The summed E-state index contributed by atoms with van der Waals surface area (Å²) in [5.74, 6) is 0.486. The monoisotopic (exact) mass is 222 g/mol. The molecule has 0 unspecified atom stereocenters. The molecule has 1 aromatic heterocycles. The van der Waals surface area contributed by atoms with Crippen LogP contribution in [0.15, 0.2) is 49.3 Å². The van der Waals surface area contributed by atoms with Gasteiger partial charge in [0.25, 0.3) is 0 Å². The molecule has 0 spiro atoms. The molecule has 82 valence electrons. The first-order valence-corrected chi connectivity index (χ1v) is 5.04. The Bertz CT molecular complexity index is 584. The van der Waals surface area contributed by atoms with Crippen molar-refractivity contribution in [3.63, 3.8) is 0 Å². The predicted octanol–water partition coefficient (Wildman–Crippen LogP) is 2.57. The van der Waals surface area contributed by atoms with Gasteiger partial charge < -0.3 is 5.32 Å². The number of hydrogen-bond donors (Lipinski definition) is 1. The first-order chi connectivity index (χ1) is 8.33. The summed E-state index contributed by atoms with van der Waals surface area (Å²) < 4.78 is 0. The lowest BCUT2D eigenvalue weighted by Gasteiger charge is -2.03. The van der Waals surface area contributed by atoms with Gasteiger partial charge in [-0.25, -0.2) is 9.97 Å². The number of nitrogens with one attached hydrogen (secondary N) is 1. The second kappa shape index (κ2) is 4.90. The van der Waals surface area contributed by atoms with Crippen LogP contribution in [0.2, 0.25) is 0 Å². The first kappa shape index (κ1) is 10.8. The van der Waals surface area contributed by atoms with Crippen molar-refractivity contribution in [2.24, 2.45) is 0 Å². The third-order valence-corrected chi connectivity index (χ3v) is 2.17. The highest BCUT2D eigenvalue weighted by atomic mass is 15.1. The van der Waals surface area contributed by atoms with E-state index in [1.54, 1.807) is 24.4 Å². The van der Waals surface area contributed by atoms with Gasteiger partial charge in [-0.15, -0.1) is 0 Å². The van der Waals surface area contributed by atoms with E-state index in [2.05, 4.69) is 27.9 Å². The summed E-state index contributed by atoms with van der Waals surface area (Å²) in [5, 5.41) is 11.7. The fourth-order valence-corrected chi connectivity index (χ4v) is 1.43. The van der Waals surface area contributed by atoms with E-state index in [0.29, 0.717) is 11.5 Å². The van der Waals surface area contributed by atoms with Crippen LogP contribution in [0.1, 0.15) is 5.56 Å². The quantitative estimate of drug-likeness (QED) is 0.866. The smallest absolute Gasteiger partial charge is 0.227 e. The zero-order chi connectivity index (χ0) is 12.1. The molecule has 4 nitrogen and oxygen atoms in total. The van der Waals surface area contributed by atoms with Crippen molar-refractivity contribution < 1.29 is 0 Å². The molecule has 4 heteroatoms. The molecule has 0 aliphatic heterocycles. The van der Waals surface area contributed by atoms with Crippen molar-refractivity contribution in [1.29, 1.82) is 5.26 Å². The van der Waals surface area contributed by atoms with E-state index >= 15 is 0 Å². The minimum absolute atomic E-state index is 0.486. The first-order valence-electron chi connectivity index (χ1n) is 5.04. The maximum absolute atomic E-state index is 8.84. The van der Waals surface area contributed by atoms with Crippen LogP contribution in [0.3, 0.4) is 0 Å². The molecule has 0 atom stereocenters. The Morgan fingerprint density at radius 1 is 1.35 bits per heavy atom. The van der Waals surface area contributed by atoms with E-state index in [0.717, 1.165) is 11.3 Å². The van der Waals surface area contributed by atoms with Gasteiger partial charge in [0, 0.05) is 11.8 Å². The third kappa shape index (κ3) is 2.47. The van der Waals surface area contributed by atoms with Crippen molar-refractivity contribution in [2.75, 3.05) is 5.32 Å². The summed E-state index contributed by atoms with van der Waals surface area (Å²) in [6, 6.07) is 11.2. The number of nitrogens with zero attached hydrogens (tertiary/aromatic N) is 3. The molecule has 2 rings (SSSR count). The van der Waals surface area contributed by atoms with E-state index in [9.17, 15) is 0 Å². The van der Waals surface area contributed by atoms with Crippen LogP contribution in [-0.2, 0) is 0 Å². The van der Waals surface area contributed by atoms with Crippen LogP contribution >= 0.6 is 0 Å². The number of anilines is 1. The topological polar surface area (TPSA) is 61.6 Å². The molecule has 0 amide bonds. The van der Waals surface area contributed by atoms with E-state index in [1.165, 1.54) is 6.20 Å². The zero-order valence-corrected chi connectivity index (χ0v) is 9.09. The fraction of sp³-hybridized carbons (Fsp3) is 0. The molecule has 0 aliphatic rings. The van der Waals surface area contributed by atoms with Crippen LogP contribution in [-0.4, -0.2) is 9.97 Å². The SMILES string of the molecule is C=CNc1nccc(-c2cccc(C#N)c2)n1. The lowest BCUT2D eigenvalue weighted by molar-refractivity contribution is 1.17. The third-order valence-electron chi connectivity index (χ3n) is 2.17. The molecular formula is C13H10N4. The summed E-state index contributed by atoms with van der Waals surface area (Å²) in [4.78, 5) is 8.34. The van der Waals surface area contributed by atoms with Gasteiger partial charge in [0.05, 0.1) is 17.3 Å². The van der Waals surface area contributed by atoms with Crippen molar-refractivity contribution in [3.05, 3.63) is 54.9 Å². The van der Waals surface area contributed by atoms with Crippen LogP contribution in [0, 0.1) is 11.3 Å². The van der Waals surface area contributed by atoms with Gasteiger partial charge >= 0.3 is 0 Å². The molecule has 17 heavy (non-hydrogen) atoms. The lowest BCUT2D eigenvalue weighted by atomic mass is 10.1. The fourth-order valence-electron chi connectivity index (χ4n) is 1.43. The van der Waals surface area contributed by atoms with Crippen molar-refractivity contribution in [3.8, 4) is 17.3 Å². The number of aromatic nitrogens is 2. The minimum Gasteiger partial charge on any atom is -0.331 e. The Labute approximate surface area is 99.3 Å². The molecule has 0 fully saturated rings. The summed E-state index contributed by atoms with van der Waals surface area (Å²) in [5.41, 5.74) is 2.26. The Balaban J connectivity index is 2.42. The number of benzene rings is 1. The Morgan fingerprint density at radius 3 is 3.00 bits per heavy atom. The van der Waals surface area contributed by atoms with Crippen molar-refractivity contribution in [1.82, 2.24) is 9.97 Å². The van der Waals surface area contributed by atoms with E-state index in [-0.39, 0.29) is 0 Å². The van der Waals surface area contributed by atoms with Gasteiger partial charge in [-0.3, -0.25) is 0 Å². The van der Waals surface area contributed by atoms with Gasteiger partial charge in [-0.1, -0.05) is 18.7 Å². The molecule has 0 radical (unpaired) electrons. The largest absolute Gasteiger partial charge is 0.331 e. The van der Waals surface area contributed by atoms with Gasteiger partial charge in [0.15, 0.2) is 0 Å². The van der Waals surface area contributed by atoms with Crippen LogP contribution in [0.25, 0.3) is 11.3 Å². The molecule has 1 aromatic carbocycles. The lowest BCUT2D eigenvalue weighted by Crippen LogP contribution is -1.95. The normalized spacial score (nSPS) is 9.35. The van der Waals surface area contributed by atoms with Gasteiger partial charge in [0.2, 0.25) is 5.95 Å². The van der Waals surface area contributed by atoms with Crippen LogP contribution in [0.4, 0.5) is 5.95 Å². The van der Waals surface area contributed by atoms with Crippen molar-refractivity contribution in [2.45, 2.75) is 0 Å². The Kier molecular flexibility index (Phi) is 3.13. The van der Waals surface area contributed by atoms with Gasteiger partial charge in [0.1, 0.15) is 0 Å². The second-order valence-electron chi connectivity index (χ2n) is 3.31. The van der Waals surface area contributed by atoms with Gasteiger partial charge in [-0.2, -0.15) is 5.26 Å². The molecule has 1 N–H and O–H groups in total. The van der Waals surface area contributed by atoms with Crippen LogP contribution < -0.4 is 5.32 Å². The highest BCUT2D eigenvalue weighted by Gasteiger charge is 2.02. The maximum Gasteiger partial charge on any atom is 0.227 e. The van der Waals surface area contributed by atoms with E-state index in [1.807, 2.05) is 12.1 Å². The summed E-state index contributed by atoms with van der Waals surface area (Å²) >= 11 is 0. The Morgan fingerprint density at radius 2 is 2.24 bits per heavy atom. The number of hydrogen-bond acceptors (Lipinski definition) is 4. The van der Waals surface area contributed by atoms with Gasteiger partial charge in [-0.05, 0) is 24.4 Å². The summed E-state index contributed by atoms with van der Waals surface area (Å²) in [7, 11) is 0. The summed E-state index contributed by atoms with van der Waals surface area (Å²) in [6.45, 7) is 3.55. The standard InChI is InChI=1S/C13H10N4/c1-2-15-13-16-7-6-12(17-13)11-5-3-4-10(8-11)9-14/h2-8H,1H2,(H,15,16,17). The zero-order valence-electron chi connectivity index (χ0n) is 9.09. The molecular weight excluding hydrogens is 212 g/mol. The number of rotatable bonds is 3. The molecule has 0 saturated heterocycles. The predicted molar refractivity (Wildman–Crippen MR) is 66.0 cm³/mol. The Hall–Kier alpha value is -2.67. The minimum atomic E-state index is 0.486. The van der Waals surface area contributed by atoms with E-state index < -0.39 is 0 Å². The maximum atomic E-state index is 8.84. The second-order valence-corrected chi connectivity index (χ2v) is 3.31. The van der Waals surface area contributed by atoms with Crippen molar-refractivity contribution >= 4 is 5.95 Å². The summed E-state index contributed by atoms with van der Waals surface area (Å²) in [6.07, 6.45) is 3.18. The molecule has 2 aromatic rings.